The van der Waals surface area contributed by atoms with Crippen LogP contribution in [0.15, 0.2) is 47.5 Å². The molecule has 2 N–H and O–H groups in total. The molecule has 8 heteroatoms. The Kier molecular flexibility index (Phi) is 9.98. The highest BCUT2D eigenvalue weighted by Crippen LogP contribution is 2.22. The fraction of sp³-hybridized carbons (Fsp3) is 0.350. The van der Waals surface area contributed by atoms with E-state index in [1.54, 1.807) is 19.2 Å². The molecule has 0 unspecified atom stereocenters. The number of nitrogens with zero attached hydrogens (tertiary/aromatic N) is 2. The Morgan fingerprint density at radius 2 is 1.82 bits per heavy atom. The van der Waals surface area contributed by atoms with E-state index in [-0.39, 0.29) is 29.7 Å². The van der Waals surface area contributed by atoms with Gasteiger partial charge in [-0.3, -0.25) is 4.99 Å². The molecular formula is C20H27F2IN4O. The number of halogens is 3. The molecule has 0 aliphatic carbocycles. The van der Waals surface area contributed by atoms with Crippen LogP contribution in [-0.2, 0) is 13.1 Å². The van der Waals surface area contributed by atoms with Crippen molar-refractivity contribution in [3.05, 3.63) is 59.2 Å². The first-order valence-electron chi connectivity index (χ1n) is 8.64. The molecule has 0 aromatic heterocycles. The van der Waals surface area contributed by atoms with Crippen molar-refractivity contribution in [3.8, 4) is 5.75 Å². The predicted molar refractivity (Wildman–Crippen MR) is 121 cm³/mol. The average Bonchev–Trinajstić information content (AvgIpc) is 2.63. The molecule has 0 saturated heterocycles. The van der Waals surface area contributed by atoms with E-state index in [0.29, 0.717) is 24.6 Å². The van der Waals surface area contributed by atoms with Crippen LogP contribution < -0.4 is 20.3 Å². The molecule has 0 heterocycles. The summed E-state index contributed by atoms with van der Waals surface area (Å²) in [5, 5.41) is 6.37. The van der Waals surface area contributed by atoms with E-state index in [9.17, 15) is 8.78 Å². The quantitative estimate of drug-likeness (QED) is 0.338. The van der Waals surface area contributed by atoms with Gasteiger partial charge in [-0.1, -0.05) is 29.8 Å². The van der Waals surface area contributed by atoms with Crippen LogP contribution in [0.1, 0.15) is 16.7 Å². The van der Waals surface area contributed by atoms with Crippen molar-refractivity contribution < 1.29 is 13.5 Å². The average molecular weight is 504 g/mol. The first kappa shape index (κ1) is 23.9. The first-order valence-corrected chi connectivity index (χ1v) is 8.64. The van der Waals surface area contributed by atoms with Gasteiger partial charge in [0.05, 0.1) is 0 Å². The summed E-state index contributed by atoms with van der Waals surface area (Å²) in [5.74, 6) is 0.743. The van der Waals surface area contributed by atoms with Gasteiger partial charge in [0.25, 0.3) is 0 Å². The van der Waals surface area contributed by atoms with Crippen molar-refractivity contribution in [1.29, 1.82) is 0 Å². The normalized spacial score (nSPS) is 11.0. The predicted octanol–water partition coefficient (Wildman–Crippen LogP) is 4.15. The zero-order valence-corrected chi connectivity index (χ0v) is 18.8. The lowest BCUT2D eigenvalue weighted by atomic mass is 10.1. The molecule has 2 rings (SSSR count). The van der Waals surface area contributed by atoms with Crippen LogP contribution in [0, 0.1) is 6.92 Å². The number of hydrogen-bond acceptors (Lipinski definition) is 3. The zero-order valence-electron chi connectivity index (χ0n) is 16.5. The van der Waals surface area contributed by atoms with Gasteiger partial charge >= 0.3 is 6.61 Å². The third-order valence-corrected chi connectivity index (χ3v) is 3.99. The smallest absolute Gasteiger partial charge is 0.387 e. The number of hydrogen-bond donors (Lipinski definition) is 2. The third-order valence-electron chi connectivity index (χ3n) is 3.99. The summed E-state index contributed by atoms with van der Waals surface area (Å²) in [6.45, 7) is -0.0372. The Labute approximate surface area is 182 Å². The minimum absolute atomic E-state index is 0. The fourth-order valence-corrected chi connectivity index (χ4v) is 2.59. The molecule has 0 atom stereocenters. The SMILES string of the molecule is CN=C(NCc1cccc(N(C)C)c1)NCc1cc(C)ccc1OC(F)F.I. The molecule has 5 nitrogen and oxygen atoms in total. The summed E-state index contributed by atoms with van der Waals surface area (Å²) in [5.41, 5.74) is 3.84. The molecule has 0 spiro atoms. The van der Waals surface area contributed by atoms with Gasteiger partial charge in [-0.15, -0.1) is 24.0 Å². The number of anilines is 1. The van der Waals surface area contributed by atoms with Gasteiger partial charge in [0.2, 0.25) is 0 Å². The Hall–Kier alpha value is -2.10. The van der Waals surface area contributed by atoms with Gasteiger partial charge in [0.1, 0.15) is 5.75 Å². The Morgan fingerprint density at radius 3 is 2.46 bits per heavy atom. The highest BCUT2D eigenvalue weighted by atomic mass is 127. The maximum atomic E-state index is 12.6. The van der Waals surface area contributed by atoms with Crippen molar-refractivity contribution in [1.82, 2.24) is 10.6 Å². The van der Waals surface area contributed by atoms with Crippen LogP contribution >= 0.6 is 24.0 Å². The Morgan fingerprint density at radius 1 is 1.11 bits per heavy atom. The standard InChI is InChI=1S/C20H26F2N4O.HI/c1-14-8-9-18(27-19(21)22)16(10-14)13-25-20(23-2)24-12-15-6-5-7-17(11-15)26(3)4;/h5-11,19H,12-13H2,1-4H3,(H2,23,24,25);1H. The minimum atomic E-state index is -2.85. The summed E-state index contributed by atoms with van der Waals surface area (Å²) < 4.78 is 29.8. The maximum Gasteiger partial charge on any atom is 0.387 e. The van der Waals surface area contributed by atoms with Crippen molar-refractivity contribution in [2.45, 2.75) is 26.6 Å². The number of nitrogens with one attached hydrogen (secondary N) is 2. The van der Waals surface area contributed by atoms with E-state index >= 15 is 0 Å². The molecule has 2 aromatic carbocycles. The first-order chi connectivity index (χ1) is 12.9. The van der Waals surface area contributed by atoms with E-state index in [0.717, 1.165) is 16.8 Å². The van der Waals surface area contributed by atoms with Gasteiger partial charge in [0.15, 0.2) is 5.96 Å². The van der Waals surface area contributed by atoms with Crippen molar-refractivity contribution in [2.75, 3.05) is 26.0 Å². The number of benzene rings is 2. The highest BCUT2D eigenvalue weighted by Gasteiger charge is 2.10. The van der Waals surface area contributed by atoms with Crippen molar-refractivity contribution >= 4 is 35.6 Å². The van der Waals surface area contributed by atoms with Crippen LogP contribution in [0.25, 0.3) is 0 Å². The van der Waals surface area contributed by atoms with Crippen molar-refractivity contribution in [2.24, 2.45) is 4.99 Å². The molecule has 0 fully saturated rings. The molecule has 2 aromatic rings. The second-order valence-electron chi connectivity index (χ2n) is 6.33. The summed E-state index contributed by atoms with van der Waals surface area (Å²) in [7, 11) is 5.65. The third kappa shape index (κ3) is 7.49. The Bertz CT molecular complexity index is 785. The molecule has 0 aliphatic rings. The molecule has 28 heavy (non-hydrogen) atoms. The molecular weight excluding hydrogens is 477 g/mol. The van der Waals surface area contributed by atoms with Crippen LogP contribution in [0.5, 0.6) is 5.75 Å². The zero-order chi connectivity index (χ0) is 19.8. The molecule has 0 amide bonds. The van der Waals surface area contributed by atoms with Crippen molar-refractivity contribution in [3.63, 3.8) is 0 Å². The summed E-state index contributed by atoms with van der Waals surface area (Å²) in [6, 6.07) is 13.3. The number of ether oxygens (including phenoxy) is 1. The van der Waals surface area contributed by atoms with E-state index in [1.165, 1.54) is 0 Å². The second kappa shape index (κ2) is 11.7. The largest absolute Gasteiger partial charge is 0.434 e. The maximum absolute atomic E-state index is 12.6. The molecule has 154 valence electrons. The van der Waals surface area contributed by atoms with Crippen LogP contribution in [0.2, 0.25) is 0 Å². The number of aliphatic imine (C=N–C) groups is 1. The van der Waals surface area contributed by atoms with Gasteiger partial charge in [-0.2, -0.15) is 8.78 Å². The number of aryl methyl sites for hydroxylation is 1. The lowest BCUT2D eigenvalue weighted by molar-refractivity contribution is -0.0504. The lowest BCUT2D eigenvalue weighted by Crippen LogP contribution is -2.36. The lowest BCUT2D eigenvalue weighted by Gasteiger charge is -2.16. The van der Waals surface area contributed by atoms with E-state index < -0.39 is 6.61 Å². The number of alkyl halides is 2. The van der Waals surface area contributed by atoms with Gasteiger partial charge in [0, 0.05) is 45.5 Å². The summed E-state index contributed by atoms with van der Waals surface area (Å²) in [6.07, 6.45) is 0. The molecule has 0 saturated carbocycles. The second-order valence-corrected chi connectivity index (χ2v) is 6.33. The monoisotopic (exact) mass is 504 g/mol. The topological polar surface area (TPSA) is 48.9 Å². The summed E-state index contributed by atoms with van der Waals surface area (Å²) >= 11 is 0. The van der Waals surface area contributed by atoms with Crippen LogP contribution in [0.3, 0.4) is 0 Å². The number of rotatable bonds is 7. The van der Waals surface area contributed by atoms with Gasteiger partial charge in [-0.25, -0.2) is 0 Å². The van der Waals surface area contributed by atoms with Crippen LogP contribution in [-0.4, -0.2) is 33.7 Å². The fourth-order valence-electron chi connectivity index (χ4n) is 2.59. The highest BCUT2D eigenvalue weighted by molar-refractivity contribution is 14.0. The van der Waals surface area contributed by atoms with Crippen LogP contribution in [0.4, 0.5) is 14.5 Å². The molecule has 0 aliphatic heterocycles. The number of guanidine groups is 1. The van der Waals surface area contributed by atoms with E-state index in [1.807, 2.05) is 50.2 Å². The molecule has 0 radical (unpaired) electrons. The van der Waals surface area contributed by atoms with Gasteiger partial charge in [-0.05, 0) is 30.7 Å². The summed E-state index contributed by atoms with van der Waals surface area (Å²) in [4.78, 5) is 6.22. The van der Waals surface area contributed by atoms with E-state index in [4.69, 9.17) is 0 Å². The van der Waals surface area contributed by atoms with Gasteiger partial charge < -0.3 is 20.3 Å². The Balaban J connectivity index is 0.00000392. The molecule has 0 bridgehead atoms. The minimum Gasteiger partial charge on any atom is -0.434 e. The van der Waals surface area contributed by atoms with E-state index in [2.05, 4.69) is 26.4 Å².